The fraction of sp³-hybridized carbons (Fsp3) is 0.333. The molecule has 5 aromatic rings. The summed E-state index contributed by atoms with van der Waals surface area (Å²) in [6.07, 6.45) is 3.21. The third-order valence-corrected chi connectivity index (χ3v) is 7.19. The predicted octanol–water partition coefficient (Wildman–Crippen LogP) is 10.2. The Kier molecular flexibility index (Phi) is 10.7. The van der Waals surface area contributed by atoms with Crippen molar-refractivity contribution >= 4 is 38.5 Å². The molecule has 3 aromatic carbocycles. The van der Waals surface area contributed by atoms with Crippen molar-refractivity contribution in [3.63, 3.8) is 0 Å². The fourth-order valence-electron chi connectivity index (χ4n) is 4.50. The molecule has 1 N–H and O–H groups in total. The maximum Gasteiger partial charge on any atom is 0.161 e. The van der Waals surface area contributed by atoms with E-state index in [1.54, 1.807) is 0 Å². The SMILES string of the molecule is CC(C)C(=O)/C=C(\O)C(C)C.CC(C)c1[c-]c(-c2nccc3cc(C(C)C)ccc23)c2oc3ccccc3c2c1.[Ir]. The summed E-state index contributed by atoms with van der Waals surface area (Å²) in [4.78, 5) is 15.8. The van der Waals surface area contributed by atoms with Gasteiger partial charge < -0.3 is 14.5 Å². The first kappa shape index (κ1) is 32.2. The predicted molar refractivity (Wildman–Crippen MR) is 167 cm³/mol. The molecule has 0 saturated heterocycles. The molecule has 0 atom stereocenters. The zero-order valence-corrected chi connectivity index (χ0v) is 27.6. The van der Waals surface area contributed by atoms with Crippen molar-refractivity contribution in [3.05, 3.63) is 89.8 Å². The van der Waals surface area contributed by atoms with Crippen LogP contribution in [0.3, 0.4) is 0 Å². The van der Waals surface area contributed by atoms with Crippen LogP contribution in [-0.2, 0) is 24.9 Å². The van der Waals surface area contributed by atoms with Crippen LogP contribution in [0, 0.1) is 17.9 Å². The number of carbonyl (C=O) groups excluding carboxylic acids is 1. The number of fused-ring (bicyclic) bond motifs is 4. The minimum Gasteiger partial charge on any atom is -0.512 e. The zero-order valence-electron chi connectivity index (χ0n) is 25.2. The minimum absolute atomic E-state index is 0. The number of aliphatic hydroxyl groups excluding tert-OH is 1. The number of aliphatic hydroxyl groups is 1. The maximum absolute atomic E-state index is 11.0. The summed E-state index contributed by atoms with van der Waals surface area (Å²) in [6, 6.07) is 22.8. The Balaban J connectivity index is 0.000000331. The number of nitrogens with zero attached hydrogens (tertiary/aromatic N) is 1. The molecule has 2 aromatic heterocycles. The quantitative estimate of drug-likeness (QED) is 0.108. The molecule has 0 spiro atoms. The van der Waals surface area contributed by atoms with Gasteiger partial charge in [-0.3, -0.25) is 4.79 Å². The van der Waals surface area contributed by atoms with E-state index in [1.807, 2.05) is 46.0 Å². The molecule has 0 unspecified atom stereocenters. The van der Waals surface area contributed by atoms with Crippen LogP contribution < -0.4 is 0 Å². The summed E-state index contributed by atoms with van der Waals surface area (Å²) in [5, 5.41) is 13.8. The van der Waals surface area contributed by atoms with Crippen molar-refractivity contribution in [2.75, 3.05) is 0 Å². The largest absolute Gasteiger partial charge is 0.512 e. The van der Waals surface area contributed by atoms with Crippen LogP contribution in [0.5, 0.6) is 0 Å². The maximum atomic E-state index is 11.0. The molecule has 0 saturated carbocycles. The molecular formula is C36H40IrNO3-. The molecular weight excluding hydrogens is 687 g/mol. The molecule has 0 amide bonds. The molecule has 0 fully saturated rings. The molecule has 2 heterocycles. The van der Waals surface area contributed by atoms with E-state index in [0.29, 0.717) is 11.8 Å². The summed E-state index contributed by atoms with van der Waals surface area (Å²) in [5.41, 5.74) is 6.17. The van der Waals surface area contributed by atoms with E-state index < -0.39 is 0 Å². The van der Waals surface area contributed by atoms with Crippen molar-refractivity contribution in [3.8, 4) is 11.3 Å². The van der Waals surface area contributed by atoms with Crippen molar-refractivity contribution in [1.29, 1.82) is 0 Å². The van der Waals surface area contributed by atoms with E-state index in [0.717, 1.165) is 38.6 Å². The monoisotopic (exact) mass is 727 g/mol. The number of benzene rings is 3. The molecule has 0 aliphatic rings. The second-order valence-electron chi connectivity index (χ2n) is 11.7. The van der Waals surface area contributed by atoms with E-state index in [-0.39, 0.29) is 43.5 Å². The van der Waals surface area contributed by atoms with Gasteiger partial charge in [0.15, 0.2) is 5.78 Å². The molecule has 0 aliphatic heterocycles. The number of allylic oxidation sites excluding steroid dienone is 2. The summed E-state index contributed by atoms with van der Waals surface area (Å²) in [6.45, 7) is 16.2. The average Bonchev–Trinajstić information content (AvgIpc) is 3.30. The van der Waals surface area contributed by atoms with E-state index in [4.69, 9.17) is 9.40 Å². The summed E-state index contributed by atoms with van der Waals surface area (Å²) >= 11 is 0. The Hall–Kier alpha value is -3.27. The van der Waals surface area contributed by atoms with Crippen LogP contribution in [0.4, 0.5) is 0 Å². The molecule has 1 radical (unpaired) electrons. The Morgan fingerprint density at radius 3 is 2.20 bits per heavy atom. The van der Waals surface area contributed by atoms with Gasteiger partial charge in [-0.05, 0) is 46.0 Å². The molecule has 0 aliphatic carbocycles. The number of pyridine rings is 1. The Morgan fingerprint density at radius 2 is 1.56 bits per heavy atom. The van der Waals surface area contributed by atoms with Gasteiger partial charge in [0, 0.05) is 49.6 Å². The number of carbonyl (C=O) groups is 1. The Bertz CT molecular complexity index is 1690. The van der Waals surface area contributed by atoms with Gasteiger partial charge in [0.2, 0.25) is 0 Å². The molecule has 217 valence electrons. The van der Waals surface area contributed by atoms with Crippen molar-refractivity contribution in [2.45, 2.75) is 67.2 Å². The van der Waals surface area contributed by atoms with Gasteiger partial charge in [0.1, 0.15) is 5.58 Å². The first-order valence-electron chi connectivity index (χ1n) is 14.2. The van der Waals surface area contributed by atoms with Crippen LogP contribution >= 0.6 is 0 Å². The topological polar surface area (TPSA) is 63.3 Å². The van der Waals surface area contributed by atoms with Gasteiger partial charge in [-0.2, -0.15) is 0 Å². The van der Waals surface area contributed by atoms with Crippen LogP contribution in [0.2, 0.25) is 0 Å². The molecule has 5 rings (SSSR count). The third-order valence-electron chi connectivity index (χ3n) is 7.19. The Morgan fingerprint density at radius 1 is 0.854 bits per heavy atom. The Labute approximate surface area is 257 Å². The number of ketones is 1. The van der Waals surface area contributed by atoms with Crippen molar-refractivity contribution in [1.82, 2.24) is 4.98 Å². The van der Waals surface area contributed by atoms with Gasteiger partial charge in [0.05, 0.1) is 11.3 Å². The van der Waals surface area contributed by atoms with Crippen molar-refractivity contribution in [2.24, 2.45) is 11.8 Å². The smallest absolute Gasteiger partial charge is 0.161 e. The standard InChI is InChI=1S/C27H24NO.C9H16O2.Ir/c1-16(2)18-9-10-21-19(13-18)11-12-28-26(21)24-15-20(17(3)4)14-23-22-7-5-6-8-25(22)29-27(23)24;1-6(2)8(10)5-9(11)7(3)4;/h5-14,16-17H,1-4H3;5-7,10H,1-4H3;/q-1;;/b;8-5-;. The van der Waals surface area contributed by atoms with Crippen LogP contribution in [0.25, 0.3) is 44.0 Å². The van der Waals surface area contributed by atoms with Crippen LogP contribution in [-0.4, -0.2) is 15.9 Å². The van der Waals surface area contributed by atoms with Gasteiger partial charge in [0.25, 0.3) is 0 Å². The van der Waals surface area contributed by atoms with Gasteiger partial charge in [-0.15, -0.1) is 17.7 Å². The van der Waals surface area contributed by atoms with Crippen molar-refractivity contribution < 1.29 is 34.4 Å². The normalized spacial score (nSPS) is 12.0. The summed E-state index contributed by atoms with van der Waals surface area (Å²) < 4.78 is 6.31. The van der Waals surface area contributed by atoms with E-state index in [9.17, 15) is 9.90 Å². The van der Waals surface area contributed by atoms with E-state index in [1.165, 1.54) is 22.6 Å². The van der Waals surface area contributed by atoms with Crippen LogP contribution in [0.1, 0.15) is 78.4 Å². The first-order valence-corrected chi connectivity index (χ1v) is 14.2. The summed E-state index contributed by atoms with van der Waals surface area (Å²) in [5.74, 6) is 1.02. The van der Waals surface area contributed by atoms with E-state index in [2.05, 4.69) is 76.2 Å². The average molecular weight is 727 g/mol. The molecule has 5 heteroatoms. The zero-order chi connectivity index (χ0) is 29.1. The number of rotatable bonds is 6. The molecule has 4 nitrogen and oxygen atoms in total. The second kappa shape index (κ2) is 13.6. The second-order valence-corrected chi connectivity index (χ2v) is 11.7. The number of hydrogen-bond acceptors (Lipinski definition) is 4. The first-order chi connectivity index (χ1) is 19.0. The molecule has 0 bridgehead atoms. The van der Waals surface area contributed by atoms with E-state index >= 15 is 0 Å². The van der Waals surface area contributed by atoms with Gasteiger partial charge in [-0.25, -0.2) is 0 Å². The van der Waals surface area contributed by atoms with Gasteiger partial charge in [-0.1, -0.05) is 103 Å². The number of hydrogen-bond donors (Lipinski definition) is 1. The number of furan rings is 1. The van der Waals surface area contributed by atoms with Gasteiger partial charge >= 0.3 is 0 Å². The van der Waals surface area contributed by atoms with Crippen LogP contribution in [0.15, 0.2) is 77.0 Å². The minimum atomic E-state index is -0.0316. The fourth-order valence-corrected chi connectivity index (χ4v) is 4.50. The molecule has 41 heavy (non-hydrogen) atoms. The summed E-state index contributed by atoms with van der Waals surface area (Å²) in [7, 11) is 0. The number of para-hydroxylation sites is 1. The third kappa shape index (κ3) is 7.15. The number of aromatic nitrogens is 1.